The lowest BCUT2D eigenvalue weighted by atomic mass is 9.78. The molecule has 1 aromatic carbocycles. The number of carbonyl (C=O) groups is 1. The molecule has 0 saturated heterocycles. The molecule has 6 heteroatoms. The Hall–Kier alpha value is -1.40. The summed E-state index contributed by atoms with van der Waals surface area (Å²) in [5.74, 6) is -0.384. The second-order valence-corrected chi connectivity index (χ2v) is 7.67. The molecule has 116 valence electrons. The normalized spacial score (nSPS) is 21.5. The van der Waals surface area contributed by atoms with Crippen molar-refractivity contribution >= 4 is 33.2 Å². The van der Waals surface area contributed by atoms with Crippen LogP contribution in [-0.4, -0.2) is 16.1 Å². The van der Waals surface area contributed by atoms with Crippen LogP contribution in [0.5, 0.6) is 10.9 Å². The maximum absolute atomic E-state index is 11.5. The van der Waals surface area contributed by atoms with E-state index < -0.39 is 5.97 Å². The van der Waals surface area contributed by atoms with Crippen LogP contribution >= 0.6 is 27.3 Å². The molecule has 1 fully saturated rings. The number of ether oxygens (including phenoxy) is 1. The molecule has 0 aliphatic heterocycles. The number of carboxylic acids is 1. The molecular weight excluding hydrogens is 366 g/mol. The van der Waals surface area contributed by atoms with E-state index in [0.717, 1.165) is 40.9 Å². The summed E-state index contributed by atoms with van der Waals surface area (Å²) in [7, 11) is 0. The number of thiazole rings is 1. The number of aromatic nitrogens is 1. The summed E-state index contributed by atoms with van der Waals surface area (Å²) in [6.07, 6.45) is 3.61. The van der Waals surface area contributed by atoms with Crippen LogP contribution in [0.4, 0.5) is 0 Å². The molecule has 2 atom stereocenters. The van der Waals surface area contributed by atoms with Crippen molar-refractivity contribution in [2.75, 3.05) is 0 Å². The van der Waals surface area contributed by atoms with Gasteiger partial charge in [-0.1, -0.05) is 42.4 Å². The van der Waals surface area contributed by atoms with E-state index in [-0.39, 0.29) is 11.8 Å². The number of hydrogen-bond donors (Lipinski definition) is 1. The van der Waals surface area contributed by atoms with Crippen LogP contribution in [0, 0.1) is 5.92 Å². The second kappa shape index (κ2) is 6.79. The van der Waals surface area contributed by atoms with Crippen LogP contribution in [0.15, 0.2) is 34.1 Å². The molecule has 0 radical (unpaired) electrons. The molecule has 0 spiro atoms. The first-order valence-electron chi connectivity index (χ1n) is 7.27. The SMILES string of the molecule is O=C(O)C1CCCCC1c1nc(Oc2ccccc2)sc1Br. The van der Waals surface area contributed by atoms with Crippen molar-refractivity contribution in [3.8, 4) is 10.9 Å². The zero-order valence-corrected chi connectivity index (χ0v) is 14.3. The second-order valence-electron chi connectivity index (χ2n) is 5.39. The van der Waals surface area contributed by atoms with Gasteiger partial charge in [-0.15, -0.1) is 0 Å². The third kappa shape index (κ3) is 3.33. The van der Waals surface area contributed by atoms with Crippen LogP contribution < -0.4 is 4.74 Å². The highest BCUT2D eigenvalue weighted by molar-refractivity contribution is 9.11. The van der Waals surface area contributed by atoms with Crippen LogP contribution in [0.2, 0.25) is 0 Å². The Balaban J connectivity index is 1.83. The Morgan fingerprint density at radius 2 is 2.00 bits per heavy atom. The van der Waals surface area contributed by atoms with Gasteiger partial charge in [0, 0.05) is 5.92 Å². The van der Waals surface area contributed by atoms with Crippen LogP contribution in [0.3, 0.4) is 0 Å². The molecule has 1 aliphatic carbocycles. The first-order valence-corrected chi connectivity index (χ1v) is 8.88. The van der Waals surface area contributed by atoms with Gasteiger partial charge in [0.2, 0.25) is 0 Å². The average Bonchev–Trinajstić information content (AvgIpc) is 2.88. The highest BCUT2D eigenvalue weighted by atomic mass is 79.9. The number of carboxylic acid groups (broad SMARTS) is 1. The van der Waals surface area contributed by atoms with Crippen molar-refractivity contribution in [1.82, 2.24) is 4.98 Å². The lowest BCUT2D eigenvalue weighted by Gasteiger charge is -2.27. The van der Waals surface area contributed by atoms with Gasteiger partial charge in [-0.3, -0.25) is 4.79 Å². The van der Waals surface area contributed by atoms with E-state index in [1.54, 1.807) is 0 Å². The van der Waals surface area contributed by atoms with E-state index in [9.17, 15) is 9.90 Å². The molecule has 1 N–H and O–H groups in total. The van der Waals surface area contributed by atoms with Crippen molar-refractivity contribution in [1.29, 1.82) is 0 Å². The molecule has 0 bridgehead atoms. The number of nitrogens with zero attached hydrogens (tertiary/aromatic N) is 1. The van der Waals surface area contributed by atoms with E-state index in [0.29, 0.717) is 5.19 Å². The van der Waals surface area contributed by atoms with Crippen molar-refractivity contribution < 1.29 is 14.6 Å². The zero-order valence-electron chi connectivity index (χ0n) is 11.9. The number of rotatable bonds is 4. The average molecular weight is 382 g/mol. The summed E-state index contributed by atoms with van der Waals surface area (Å²) < 4.78 is 6.63. The number of aliphatic carboxylic acids is 1. The quantitative estimate of drug-likeness (QED) is 0.803. The van der Waals surface area contributed by atoms with E-state index in [2.05, 4.69) is 20.9 Å². The minimum absolute atomic E-state index is 0.0370. The Kier molecular flexibility index (Phi) is 4.78. The Labute approximate surface area is 141 Å². The van der Waals surface area contributed by atoms with Gasteiger partial charge in [0.15, 0.2) is 0 Å². The van der Waals surface area contributed by atoms with Gasteiger partial charge >= 0.3 is 5.97 Å². The topological polar surface area (TPSA) is 59.4 Å². The summed E-state index contributed by atoms with van der Waals surface area (Å²) in [5, 5.41) is 9.98. The van der Waals surface area contributed by atoms with Gasteiger partial charge in [-0.2, -0.15) is 0 Å². The summed E-state index contributed by atoms with van der Waals surface area (Å²) in [5.41, 5.74) is 0.822. The summed E-state index contributed by atoms with van der Waals surface area (Å²) in [6, 6.07) is 9.47. The van der Waals surface area contributed by atoms with Crippen LogP contribution in [-0.2, 0) is 4.79 Å². The molecule has 2 unspecified atom stereocenters. The van der Waals surface area contributed by atoms with Gasteiger partial charge in [0.25, 0.3) is 5.19 Å². The van der Waals surface area contributed by atoms with Gasteiger partial charge in [-0.05, 0) is 40.9 Å². The molecule has 3 rings (SSSR count). The fourth-order valence-electron chi connectivity index (χ4n) is 2.91. The third-order valence-corrected chi connectivity index (χ3v) is 5.60. The summed E-state index contributed by atoms with van der Waals surface area (Å²) >= 11 is 4.93. The first kappa shape index (κ1) is 15.5. The number of benzene rings is 1. The van der Waals surface area contributed by atoms with E-state index in [1.807, 2.05) is 30.3 Å². The third-order valence-electron chi connectivity index (χ3n) is 3.97. The Bertz CT molecular complexity index is 659. The molecule has 4 nitrogen and oxygen atoms in total. The predicted octanol–water partition coefficient (Wildman–Crippen LogP) is 5.06. The molecule has 1 heterocycles. The van der Waals surface area contributed by atoms with Crippen LogP contribution in [0.25, 0.3) is 0 Å². The largest absolute Gasteiger partial charge is 0.481 e. The van der Waals surface area contributed by atoms with E-state index in [4.69, 9.17) is 4.74 Å². The van der Waals surface area contributed by atoms with Crippen molar-refractivity contribution in [3.05, 3.63) is 39.8 Å². The van der Waals surface area contributed by atoms with Gasteiger partial charge in [0.1, 0.15) is 5.75 Å². The molecule has 1 aliphatic rings. The van der Waals surface area contributed by atoms with Crippen molar-refractivity contribution in [2.45, 2.75) is 31.6 Å². The predicted molar refractivity (Wildman–Crippen MR) is 88.7 cm³/mol. The van der Waals surface area contributed by atoms with Gasteiger partial charge < -0.3 is 9.84 Å². The fraction of sp³-hybridized carbons (Fsp3) is 0.375. The monoisotopic (exact) mass is 381 g/mol. The Morgan fingerprint density at radius 1 is 1.27 bits per heavy atom. The standard InChI is InChI=1S/C16H16BrNO3S/c17-14-13(11-8-4-5-9-12(11)15(19)20)18-16(22-14)21-10-6-2-1-3-7-10/h1-3,6-7,11-12H,4-5,8-9H2,(H,19,20). The van der Waals surface area contributed by atoms with E-state index in [1.165, 1.54) is 11.3 Å². The van der Waals surface area contributed by atoms with Crippen molar-refractivity contribution in [2.24, 2.45) is 5.92 Å². The van der Waals surface area contributed by atoms with Gasteiger partial charge in [0.05, 0.1) is 15.4 Å². The Morgan fingerprint density at radius 3 is 2.73 bits per heavy atom. The smallest absolute Gasteiger partial charge is 0.307 e. The van der Waals surface area contributed by atoms with Gasteiger partial charge in [-0.25, -0.2) is 4.98 Å². The molecule has 1 aromatic heterocycles. The molecule has 0 amide bonds. The lowest BCUT2D eigenvalue weighted by Crippen LogP contribution is -2.25. The lowest BCUT2D eigenvalue weighted by molar-refractivity contribution is -0.143. The highest BCUT2D eigenvalue weighted by Gasteiger charge is 2.35. The molecular formula is C16H16BrNO3S. The number of para-hydroxylation sites is 1. The zero-order chi connectivity index (χ0) is 15.5. The fourth-order valence-corrected chi connectivity index (χ4v) is 4.44. The van der Waals surface area contributed by atoms with Crippen LogP contribution in [0.1, 0.15) is 37.3 Å². The number of halogens is 1. The molecule has 22 heavy (non-hydrogen) atoms. The maximum atomic E-state index is 11.5. The first-order chi connectivity index (χ1) is 10.6. The molecule has 2 aromatic rings. The van der Waals surface area contributed by atoms with E-state index >= 15 is 0 Å². The number of hydrogen-bond acceptors (Lipinski definition) is 4. The maximum Gasteiger partial charge on any atom is 0.307 e. The molecule has 1 saturated carbocycles. The van der Waals surface area contributed by atoms with Crippen molar-refractivity contribution in [3.63, 3.8) is 0 Å². The minimum atomic E-state index is -0.727. The summed E-state index contributed by atoms with van der Waals surface area (Å²) in [6.45, 7) is 0. The highest BCUT2D eigenvalue weighted by Crippen LogP contribution is 2.44. The summed E-state index contributed by atoms with van der Waals surface area (Å²) in [4.78, 5) is 16.0. The minimum Gasteiger partial charge on any atom is -0.481 e.